The molecule has 22 heavy (non-hydrogen) atoms. The molecule has 0 fully saturated rings. The fourth-order valence-corrected chi connectivity index (χ4v) is 4.58. The molecule has 3 N–H and O–H groups in total. The summed E-state index contributed by atoms with van der Waals surface area (Å²) >= 11 is 15.1. The molecule has 3 rings (SSSR count). The highest BCUT2D eigenvalue weighted by Gasteiger charge is 2.13. The number of thiazole rings is 1. The lowest BCUT2D eigenvalue weighted by atomic mass is 10.2. The van der Waals surface area contributed by atoms with Gasteiger partial charge in [-0.15, -0.1) is 11.3 Å². The Bertz CT molecular complexity index is 873. The third-order valence-corrected chi connectivity index (χ3v) is 5.89. The van der Waals surface area contributed by atoms with Crippen molar-refractivity contribution >= 4 is 68.2 Å². The number of nitrogens with two attached hydrogens (primary N) is 1. The number of carboxylic acids is 1. The highest BCUT2D eigenvalue weighted by Crippen LogP contribution is 2.42. The third-order valence-electron chi connectivity index (χ3n) is 2.82. The first-order chi connectivity index (χ1) is 10.4. The van der Waals surface area contributed by atoms with Gasteiger partial charge in [0.1, 0.15) is 0 Å². The second-order valence-electron chi connectivity index (χ2n) is 4.38. The summed E-state index contributed by atoms with van der Waals surface area (Å²) in [6, 6.07) is 8.11. The van der Waals surface area contributed by atoms with E-state index in [9.17, 15) is 4.79 Å². The Morgan fingerprint density at radius 3 is 2.55 bits per heavy atom. The van der Waals surface area contributed by atoms with E-state index in [2.05, 4.69) is 4.98 Å². The first-order valence-electron chi connectivity index (χ1n) is 6.00. The predicted octanol–water partition coefficient (Wildman–Crippen LogP) is 5.03. The lowest BCUT2D eigenvalue weighted by molar-refractivity contribution is 0.0697. The monoisotopic (exact) mass is 370 g/mol. The molecule has 1 heterocycles. The Kier molecular flexibility index (Phi) is 4.18. The van der Waals surface area contributed by atoms with Crippen molar-refractivity contribution < 1.29 is 9.90 Å². The van der Waals surface area contributed by atoms with Crippen molar-refractivity contribution in [2.75, 3.05) is 5.73 Å². The Labute approximate surface area is 143 Å². The van der Waals surface area contributed by atoms with Gasteiger partial charge in [0.05, 0.1) is 30.7 Å². The molecule has 1 aromatic heterocycles. The largest absolute Gasteiger partial charge is 0.478 e. The van der Waals surface area contributed by atoms with Crippen LogP contribution in [0.1, 0.15) is 10.4 Å². The molecule has 8 heteroatoms. The molecular weight excluding hydrogens is 363 g/mol. The van der Waals surface area contributed by atoms with Gasteiger partial charge in [-0.05, 0) is 30.3 Å². The summed E-state index contributed by atoms with van der Waals surface area (Å²) in [4.78, 5) is 16.1. The smallest absolute Gasteiger partial charge is 0.335 e. The fraction of sp³-hybridized carbons (Fsp3) is 0. The van der Waals surface area contributed by atoms with Gasteiger partial charge < -0.3 is 10.8 Å². The van der Waals surface area contributed by atoms with Crippen LogP contribution < -0.4 is 5.73 Å². The van der Waals surface area contributed by atoms with Crippen LogP contribution in [0.4, 0.5) is 5.69 Å². The Hall–Kier alpha value is -1.47. The van der Waals surface area contributed by atoms with Crippen LogP contribution in [0.25, 0.3) is 10.2 Å². The van der Waals surface area contributed by atoms with Gasteiger partial charge in [0.2, 0.25) is 0 Å². The molecule has 0 aliphatic carbocycles. The van der Waals surface area contributed by atoms with Crippen LogP contribution in [0.15, 0.2) is 39.6 Å². The van der Waals surface area contributed by atoms with Crippen LogP contribution in [0.2, 0.25) is 10.0 Å². The summed E-state index contributed by atoms with van der Waals surface area (Å²) in [6.07, 6.45) is 0. The van der Waals surface area contributed by atoms with Crippen LogP contribution >= 0.6 is 46.3 Å². The number of aromatic carboxylic acids is 1. The van der Waals surface area contributed by atoms with Gasteiger partial charge in [-0.25, -0.2) is 9.78 Å². The molecule has 0 aliphatic rings. The van der Waals surface area contributed by atoms with Crippen molar-refractivity contribution in [3.8, 4) is 0 Å². The van der Waals surface area contributed by atoms with Crippen molar-refractivity contribution in [3.63, 3.8) is 0 Å². The van der Waals surface area contributed by atoms with E-state index < -0.39 is 5.97 Å². The van der Waals surface area contributed by atoms with Crippen molar-refractivity contribution in [1.29, 1.82) is 0 Å². The zero-order valence-corrected chi connectivity index (χ0v) is 14.0. The first-order valence-corrected chi connectivity index (χ1v) is 8.39. The van der Waals surface area contributed by atoms with Crippen molar-refractivity contribution in [3.05, 3.63) is 45.9 Å². The van der Waals surface area contributed by atoms with Crippen LogP contribution in [0.5, 0.6) is 0 Å². The Balaban J connectivity index is 1.99. The van der Waals surface area contributed by atoms with E-state index in [4.69, 9.17) is 34.0 Å². The molecule has 0 saturated heterocycles. The predicted molar refractivity (Wildman–Crippen MR) is 91.6 cm³/mol. The van der Waals surface area contributed by atoms with E-state index in [0.717, 1.165) is 9.04 Å². The number of nitrogens with zero attached hydrogens (tertiary/aromatic N) is 1. The number of fused-ring (bicyclic) bond motifs is 1. The third kappa shape index (κ3) is 3.01. The van der Waals surface area contributed by atoms with E-state index in [1.165, 1.54) is 23.1 Å². The van der Waals surface area contributed by atoms with Gasteiger partial charge in [-0.2, -0.15) is 0 Å². The topological polar surface area (TPSA) is 76.2 Å². The molecule has 3 aromatic rings. The number of hydrogen-bond acceptors (Lipinski definition) is 5. The number of anilines is 1. The Morgan fingerprint density at radius 1 is 1.23 bits per heavy atom. The lowest BCUT2D eigenvalue weighted by Gasteiger charge is -2.05. The van der Waals surface area contributed by atoms with Crippen LogP contribution in [-0.4, -0.2) is 16.1 Å². The quantitative estimate of drug-likeness (QED) is 0.631. The average molecular weight is 371 g/mol. The van der Waals surface area contributed by atoms with Crippen molar-refractivity contribution in [2.24, 2.45) is 0 Å². The first kappa shape index (κ1) is 15.4. The van der Waals surface area contributed by atoms with E-state index in [0.29, 0.717) is 26.1 Å². The number of carboxylic acid groups (broad SMARTS) is 1. The number of rotatable bonds is 3. The zero-order chi connectivity index (χ0) is 15.9. The van der Waals surface area contributed by atoms with Crippen LogP contribution in [0, 0.1) is 0 Å². The average Bonchev–Trinajstić information content (AvgIpc) is 2.84. The molecule has 0 radical (unpaired) electrons. The summed E-state index contributed by atoms with van der Waals surface area (Å²) in [6.45, 7) is 0. The number of carbonyl (C=O) groups is 1. The minimum absolute atomic E-state index is 0.206. The van der Waals surface area contributed by atoms with Gasteiger partial charge in [0.15, 0.2) is 4.34 Å². The number of aromatic nitrogens is 1. The standard InChI is InChI=1S/C14H8Cl2N2O2S2/c15-8-4-7(17)5-9(16)12(8)22-14-18-10-3-6(13(19)20)1-2-11(10)21-14/h1-5H,17H2,(H,19,20). The maximum Gasteiger partial charge on any atom is 0.335 e. The molecule has 0 saturated carbocycles. The molecule has 0 unspecified atom stereocenters. The highest BCUT2D eigenvalue weighted by atomic mass is 35.5. The zero-order valence-electron chi connectivity index (χ0n) is 10.8. The number of benzene rings is 2. The molecule has 112 valence electrons. The summed E-state index contributed by atoms with van der Waals surface area (Å²) in [5.74, 6) is -0.978. The number of hydrogen-bond donors (Lipinski definition) is 2. The van der Waals surface area contributed by atoms with Gasteiger partial charge in [0, 0.05) is 5.69 Å². The molecule has 2 aromatic carbocycles. The van der Waals surface area contributed by atoms with E-state index in [1.807, 2.05) is 0 Å². The molecule has 0 atom stereocenters. The maximum atomic E-state index is 11.0. The molecule has 4 nitrogen and oxygen atoms in total. The molecule has 0 spiro atoms. The van der Waals surface area contributed by atoms with Crippen molar-refractivity contribution in [2.45, 2.75) is 9.24 Å². The number of nitrogen functional groups attached to an aromatic ring is 1. The van der Waals surface area contributed by atoms with Crippen LogP contribution in [-0.2, 0) is 0 Å². The normalized spacial score (nSPS) is 11.0. The summed E-state index contributed by atoms with van der Waals surface area (Å²) in [5, 5.41) is 9.93. The van der Waals surface area contributed by atoms with Crippen LogP contribution in [0.3, 0.4) is 0 Å². The lowest BCUT2D eigenvalue weighted by Crippen LogP contribution is -1.94. The second-order valence-corrected chi connectivity index (χ2v) is 7.49. The summed E-state index contributed by atoms with van der Waals surface area (Å²) < 4.78 is 1.63. The van der Waals surface area contributed by atoms with Gasteiger partial charge in [-0.3, -0.25) is 0 Å². The van der Waals surface area contributed by atoms with Gasteiger partial charge >= 0.3 is 5.97 Å². The SMILES string of the molecule is Nc1cc(Cl)c(Sc2nc3cc(C(=O)O)ccc3s2)c(Cl)c1. The number of halogens is 2. The second kappa shape index (κ2) is 5.96. The molecular formula is C14H8Cl2N2O2S2. The minimum Gasteiger partial charge on any atom is -0.478 e. The molecule has 0 bridgehead atoms. The fourth-order valence-electron chi connectivity index (χ4n) is 1.85. The molecule has 0 amide bonds. The van der Waals surface area contributed by atoms with Gasteiger partial charge in [0.25, 0.3) is 0 Å². The van der Waals surface area contributed by atoms with Gasteiger partial charge in [-0.1, -0.05) is 35.0 Å². The maximum absolute atomic E-state index is 11.0. The summed E-state index contributed by atoms with van der Waals surface area (Å²) in [7, 11) is 0. The highest BCUT2D eigenvalue weighted by molar-refractivity contribution is 8.01. The van der Waals surface area contributed by atoms with Crippen molar-refractivity contribution in [1.82, 2.24) is 4.98 Å². The van der Waals surface area contributed by atoms with E-state index in [1.54, 1.807) is 30.3 Å². The summed E-state index contributed by atoms with van der Waals surface area (Å²) in [5.41, 5.74) is 7.02. The minimum atomic E-state index is -0.978. The Morgan fingerprint density at radius 2 is 1.91 bits per heavy atom. The van der Waals surface area contributed by atoms with E-state index >= 15 is 0 Å². The van der Waals surface area contributed by atoms with E-state index in [-0.39, 0.29) is 5.56 Å². The molecule has 0 aliphatic heterocycles.